The molecule has 0 radical (unpaired) electrons. The molecule has 0 bridgehead atoms. The lowest BCUT2D eigenvalue weighted by Gasteiger charge is -2.15. The number of amides is 1. The lowest BCUT2D eigenvalue weighted by Crippen LogP contribution is -2.28. The summed E-state index contributed by atoms with van der Waals surface area (Å²) >= 11 is 0. The van der Waals surface area contributed by atoms with Crippen molar-refractivity contribution in [2.24, 2.45) is 4.99 Å². The van der Waals surface area contributed by atoms with Crippen molar-refractivity contribution >= 4 is 22.8 Å². The summed E-state index contributed by atoms with van der Waals surface area (Å²) in [5, 5.41) is 3.04. The van der Waals surface area contributed by atoms with Gasteiger partial charge >= 0.3 is 0 Å². The molecule has 2 aromatic rings. The van der Waals surface area contributed by atoms with Gasteiger partial charge in [0.15, 0.2) is 6.10 Å². The van der Waals surface area contributed by atoms with Crippen molar-refractivity contribution in [1.82, 2.24) is 10.3 Å². The number of aromatic nitrogens is 1. The van der Waals surface area contributed by atoms with E-state index in [1.165, 1.54) is 13.1 Å². The molecule has 3 rings (SSSR count). The van der Waals surface area contributed by atoms with E-state index in [4.69, 9.17) is 4.74 Å². The van der Waals surface area contributed by atoms with Crippen LogP contribution in [0.2, 0.25) is 0 Å². The first-order valence-corrected chi connectivity index (χ1v) is 6.31. The SMILES string of the molecule is CN=C1NC(=O)[C@@H]([C@@H](C)c2c[nH]c3cccc(F)c23)O1. The van der Waals surface area contributed by atoms with Gasteiger partial charge in [-0.1, -0.05) is 13.0 Å². The third kappa shape index (κ3) is 1.84. The average molecular weight is 275 g/mol. The molecule has 20 heavy (non-hydrogen) atoms. The van der Waals surface area contributed by atoms with E-state index < -0.39 is 6.10 Å². The lowest BCUT2D eigenvalue weighted by atomic mass is 9.94. The summed E-state index contributed by atoms with van der Waals surface area (Å²) in [6.45, 7) is 1.83. The van der Waals surface area contributed by atoms with Gasteiger partial charge in [-0.2, -0.15) is 0 Å². The fourth-order valence-corrected chi connectivity index (χ4v) is 2.51. The average Bonchev–Trinajstić information content (AvgIpc) is 3.02. The molecule has 104 valence electrons. The number of nitrogens with one attached hydrogen (secondary N) is 2. The number of nitrogens with zero attached hydrogens (tertiary/aromatic N) is 1. The number of carbonyl (C=O) groups excluding carboxylic acids is 1. The number of fused-ring (bicyclic) bond motifs is 1. The maximum atomic E-state index is 14.0. The maximum absolute atomic E-state index is 14.0. The molecule has 0 aliphatic carbocycles. The number of halogens is 1. The van der Waals surface area contributed by atoms with Gasteiger partial charge in [0.2, 0.25) is 0 Å². The van der Waals surface area contributed by atoms with Gasteiger partial charge in [-0.3, -0.25) is 10.1 Å². The Morgan fingerprint density at radius 1 is 1.45 bits per heavy atom. The normalized spacial score (nSPS) is 22.1. The van der Waals surface area contributed by atoms with E-state index in [1.807, 2.05) is 6.92 Å². The van der Waals surface area contributed by atoms with Gasteiger partial charge in [-0.25, -0.2) is 9.38 Å². The van der Waals surface area contributed by atoms with Crippen LogP contribution in [0.5, 0.6) is 0 Å². The minimum absolute atomic E-state index is 0.201. The number of aliphatic imine (C=N–C) groups is 1. The predicted molar refractivity (Wildman–Crippen MR) is 73.0 cm³/mol. The Labute approximate surface area is 114 Å². The minimum Gasteiger partial charge on any atom is -0.451 e. The zero-order chi connectivity index (χ0) is 14.3. The van der Waals surface area contributed by atoms with Crippen LogP contribution in [0.3, 0.4) is 0 Å². The number of H-pyrrole nitrogens is 1. The molecule has 2 atom stereocenters. The molecular weight excluding hydrogens is 261 g/mol. The van der Waals surface area contributed by atoms with Crippen LogP contribution in [0, 0.1) is 5.82 Å². The maximum Gasteiger partial charge on any atom is 0.292 e. The van der Waals surface area contributed by atoms with Gasteiger partial charge < -0.3 is 9.72 Å². The highest BCUT2D eigenvalue weighted by Gasteiger charge is 2.37. The summed E-state index contributed by atoms with van der Waals surface area (Å²) in [6.07, 6.45) is 1.02. The van der Waals surface area contributed by atoms with Crippen LogP contribution in [-0.4, -0.2) is 30.1 Å². The molecule has 1 saturated heterocycles. The van der Waals surface area contributed by atoms with E-state index in [0.717, 1.165) is 5.56 Å². The second-order valence-electron chi connectivity index (χ2n) is 4.75. The second-order valence-corrected chi connectivity index (χ2v) is 4.75. The molecule has 1 aromatic carbocycles. The minimum atomic E-state index is -0.702. The van der Waals surface area contributed by atoms with E-state index in [2.05, 4.69) is 15.3 Å². The summed E-state index contributed by atoms with van der Waals surface area (Å²) in [4.78, 5) is 18.7. The molecule has 6 heteroatoms. The monoisotopic (exact) mass is 275 g/mol. The Morgan fingerprint density at radius 2 is 2.25 bits per heavy atom. The van der Waals surface area contributed by atoms with Crippen molar-refractivity contribution in [3.8, 4) is 0 Å². The van der Waals surface area contributed by atoms with E-state index in [9.17, 15) is 9.18 Å². The topological polar surface area (TPSA) is 66.5 Å². The van der Waals surface area contributed by atoms with Gasteiger partial charge in [-0.15, -0.1) is 0 Å². The molecule has 5 nitrogen and oxygen atoms in total. The predicted octanol–water partition coefficient (Wildman–Crippen LogP) is 1.91. The molecule has 2 N–H and O–H groups in total. The van der Waals surface area contributed by atoms with Crippen LogP contribution in [0.15, 0.2) is 29.4 Å². The molecule has 1 aliphatic rings. The van der Waals surface area contributed by atoms with Crippen molar-refractivity contribution in [2.45, 2.75) is 18.9 Å². The lowest BCUT2D eigenvalue weighted by molar-refractivity contribution is -0.124. The van der Waals surface area contributed by atoms with Crippen molar-refractivity contribution in [1.29, 1.82) is 0 Å². The zero-order valence-corrected chi connectivity index (χ0v) is 11.1. The zero-order valence-electron chi connectivity index (χ0n) is 11.1. The molecule has 2 heterocycles. The number of ether oxygens (including phenoxy) is 1. The number of hydrogen-bond acceptors (Lipinski definition) is 3. The molecular formula is C14H14FN3O2. The summed E-state index contributed by atoms with van der Waals surface area (Å²) in [7, 11) is 1.54. The number of aromatic amines is 1. The van der Waals surface area contributed by atoms with Crippen LogP contribution in [0.4, 0.5) is 4.39 Å². The summed E-state index contributed by atoms with van der Waals surface area (Å²) in [6, 6.07) is 5.04. The standard InChI is InChI=1S/C14H14FN3O2/c1-7(12-13(19)18-14(16-2)20-12)8-6-17-10-5-3-4-9(15)11(8)10/h3-7,12,17H,1-2H3,(H,16,18,19)/t7-,12+/m0/s1. The summed E-state index contributed by atoms with van der Waals surface area (Å²) < 4.78 is 19.4. The van der Waals surface area contributed by atoms with Crippen LogP contribution < -0.4 is 5.32 Å². The summed E-state index contributed by atoms with van der Waals surface area (Å²) in [5.74, 6) is -0.864. The van der Waals surface area contributed by atoms with Crippen molar-refractivity contribution in [3.05, 3.63) is 35.8 Å². The van der Waals surface area contributed by atoms with Gasteiger partial charge in [0.1, 0.15) is 5.82 Å². The smallest absolute Gasteiger partial charge is 0.292 e. The highest BCUT2D eigenvalue weighted by Crippen LogP contribution is 2.31. The van der Waals surface area contributed by atoms with E-state index >= 15 is 0 Å². The molecule has 0 unspecified atom stereocenters. The van der Waals surface area contributed by atoms with Crippen LogP contribution in [0.1, 0.15) is 18.4 Å². The van der Waals surface area contributed by atoms with E-state index in [-0.39, 0.29) is 23.7 Å². The summed E-state index contributed by atoms with van der Waals surface area (Å²) in [5.41, 5.74) is 1.42. The molecule has 1 aromatic heterocycles. The molecule has 1 fully saturated rings. The molecule has 0 saturated carbocycles. The third-order valence-corrected chi connectivity index (χ3v) is 3.56. The fraction of sp³-hybridized carbons (Fsp3) is 0.286. The number of hydrogen-bond donors (Lipinski definition) is 2. The highest BCUT2D eigenvalue weighted by atomic mass is 19.1. The Morgan fingerprint density at radius 3 is 2.95 bits per heavy atom. The molecule has 1 aliphatic heterocycles. The number of rotatable bonds is 2. The second kappa shape index (κ2) is 4.63. The Hall–Kier alpha value is -2.37. The third-order valence-electron chi connectivity index (χ3n) is 3.56. The van der Waals surface area contributed by atoms with Crippen LogP contribution in [-0.2, 0) is 9.53 Å². The van der Waals surface area contributed by atoms with Crippen LogP contribution in [0.25, 0.3) is 10.9 Å². The van der Waals surface area contributed by atoms with Gasteiger partial charge in [0.25, 0.3) is 11.9 Å². The van der Waals surface area contributed by atoms with Crippen LogP contribution >= 0.6 is 0 Å². The quantitative estimate of drug-likeness (QED) is 0.879. The highest BCUT2D eigenvalue weighted by molar-refractivity contribution is 6.02. The molecule has 1 amide bonds. The van der Waals surface area contributed by atoms with E-state index in [1.54, 1.807) is 18.3 Å². The van der Waals surface area contributed by atoms with Gasteiger partial charge in [0.05, 0.1) is 0 Å². The fourth-order valence-electron chi connectivity index (χ4n) is 2.51. The van der Waals surface area contributed by atoms with Gasteiger partial charge in [0, 0.05) is 30.1 Å². The first-order valence-electron chi connectivity index (χ1n) is 6.31. The number of benzene rings is 1. The number of amidine groups is 1. The van der Waals surface area contributed by atoms with Crippen molar-refractivity contribution in [2.75, 3.05) is 7.05 Å². The first-order chi connectivity index (χ1) is 9.61. The first kappa shape index (κ1) is 12.7. The van der Waals surface area contributed by atoms with Crippen molar-refractivity contribution < 1.29 is 13.9 Å². The number of carbonyl (C=O) groups is 1. The molecule has 0 spiro atoms. The Balaban J connectivity index is 2.01. The van der Waals surface area contributed by atoms with Gasteiger partial charge in [-0.05, 0) is 17.7 Å². The Bertz CT molecular complexity index is 708. The largest absolute Gasteiger partial charge is 0.451 e. The van der Waals surface area contributed by atoms with Crippen molar-refractivity contribution in [3.63, 3.8) is 0 Å². The Kier molecular flexibility index (Phi) is 2.93. The van der Waals surface area contributed by atoms with E-state index in [0.29, 0.717) is 10.9 Å².